The first-order valence-corrected chi connectivity index (χ1v) is 9.10. The van der Waals surface area contributed by atoms with Crippen molar-refractivity contribution in [3.63, 3.8) is 0 Å². The number of rotatable bonds is 1. The van der Waals surface area contributed by atoms with Crippen LogP contribution in [0.4, 0.5) is 0 Å². The van der Waals surface area contributed by atoms with Gasteiger partial charge in [-0.25, -0.2) is 8.42 Å². The van der Waals surface area contributed by atoms with Crippen molar-refractivity contribution in [2.24, 2.45) is 5.16 Å². The molecule has 2 aliphatic rings. The molecule has 0 aromatic heterocycles. The molecule has 0 fully saturated rings. The Labute approximate surface area is 135 Å². The van der Waals surface area contributed by atoms with Gasteiger partial charge in [-0.1, -0.05) is 41.1 Å². The fourth-order valence-corrected chi connectivity index (χ4v) is 5.81. The Balaban J connectivity index is 1.91. The van der Waals surface area contributed by atoms with E-state index in [0.717, 1.165) is 22.3 Å². The van der Waals surface area contributed by atoms with Gasteiger partial charge in [0.15, 0.2) is 21.2 Å². The van der Waals surface area contributed by atoms with Gasteiger partial charge in [0.2, 0.25) is 0 Å². The molecule has 0 spiro atoms. The average molecular weight is 327 g/mol. The minimum absolute atomic E-state index is 0.366. The number of benzene rings is 2. The number of hydrogen-bond donors (Lipinski definition) is 0. The molecule has 2 aromatic rings. The van der Waals surface area contributed by atoms with Crippen molar-refractivity contribution < 1.29 is 13.3 Å². The van der Waals surface area contributed by atoms with Crippen molar-refractivity contribution in [3.8, 4) is 0 Å². The predicted molar refractivity (Wildman–Crippen MR) is 88.4 cm³/mol. The van der Waals surface area contributed by atoms with Crippen LogP contribution < -0.4 is 0 Å². The van der Waals surface area contributed by atoms with E-state index in [0.29, 0.717) is 16.2 Å². The Hall–Kier alpha value is -2.14. The summed E-state index contributed by atoms with van der Waals surface area (Å²) in [5.74, 6) is 0. The Morgan fingerprint density at radius 1 is 1.04 bits per heavy atom. The lowest BCUT2D eigenvalue weighted by Gasteiger charge is -2.14. The SMILES string of the molecule is Cc1cc(C)c(C2=NO[C@H]3c4ccccc4S(=O)(=O)[C@@H]23)c(C)c1. The first-order chi connectivity index (χ1) is 10.9. The zero-order chi connectivity index (χ0) is 16.4. The van der Waals surface area contributed by atoms with Gasteiger partial charge >= 0.3 is 0 Å². The summed E-state index contributed by atoms with van der Waals surface area (Å²) >= 11 is 0. The molecule has 118 valence electrons. The molecule has 4 nitrogen and oxygen atoms in total. The molecular formula is C18H17NO3S. The highest BCUT2D eigenvalue weighted by Crippen LogP contribution is 2.46. The molecule has 0 aliphatic carbocycles. The van der Waals surface area contributed by atoms with Crippen molar-refractivity contribution >= 4 is 15.5 Å². The molecule has 0 bridgehead atoms. The summed E-state index contributed by atoms with van der Waals surface area (Å²) in [7, 11) is -3.48. The Kier molecular flexibility index (Phi) is 2.94. The number of sulfone groups is 1. The van der Waals surface area contributed by atoms with Gasteiger partial charge in [-0.2, -0.15) is 0 Å². The largest absolute Gasteiger partial charge is 0.385 e. The van der Waals surface area contributed by atoms with E-state index in [9.17, 15) is 8.42 Å². The van der Waals surface area contributed by atoms with Crippen LogP contribution in [0.5, 0.6) is 0 Å². The molecule has 0 saturated carbocycles. The molecule has 2 heterocycles. The van der Waals surface area contributed by atoms with E-state index in [4.69, 9.17) is 4.84 Å². The Morgan fingerprint density at radius 2 is 1.70 bits per heavy atom. The molecule has 5 heteroatoms. The van der Waals surface area contributed by atoms with Crippen molar-refractivity contribution in [3.05, 3.63) is 64.2 Å². The van der Waals surface area contributed by atoms with Gasteiger partial charge in [-0.3, -0.25) is 0 Å². The molecule has 2 atom stereocenters. The van der Waals surface area contributed by atoms with Crippen LogP contribution in [0.15, 0.2) is 46.4 Å². The highest BCUT2D eigenvalue weighted by molar-refractivity contribution is 7.93. The lowest BCUT2D eigenvalue weighted by atomic mass is 9.92. The average Bonchev–Trinajstić information content (AvgIpc) is 2.99. The second kappa shape index (κ2) is 4.68. The third-order valence-corrected chi connectivity index (χ3v) is 6.73. The van der Waals surface area contributed by atoms with Crippen LogP contribution in [0.1, 0.15) is 33.9 Å². The van der Waals surface area contributed by atoms with E-state index in [1.165, 1.54) is 0 Å². The topological polar surface area (TPSA) is 55.7 Å². The lowest BCUT2D eigenvalue weighted by molar-refractivity contribution is 0.0885. The predicted octanol–water partition coefficient (Wildman–Crippen LogP) is 3.24. The number of hydrogen-bond acceptors (Lipinski definition) is 4. The van der Waals surface area contributed by atoms with Crippen LogP contribution in [0.2, 0.25) is 0 Å². The molecule has 2 aromatic carbocycles. The quantitative estimate of drug-likeness (QED) is 0.808. The zero-order valence-corrected chi connectivity index (χ0v) is 14.0. The molecule has 4 rings (SSSR count). The van der Waals surface area contributed by atoms with Gasteiger partial charge in [0.05, 0.1) is 4.90 Å². The van der Waals surface area contributed by atoms with Gasteiger partial charge in [-0.15, -0.1) is 0 Å². The Morgan fingerprint density at radius 3 is 2.39 bits per heavy atom. The summed E-state index contributed by atoms with van der Waals surface area (Å²) < 4.78 is 26.0. The lowest BCUT2D eigenvalue weighted by Crippen LogP contribution is -2.28. The van der Waals surface area contributed by atoms with E-state index in [2.05, 4.69) is 5.16 Å². The van der Waals surface area contributed by atoms with Crippen molar-refractivity contribution in [1.29, 1.82) is 0 Å². The van der Waals surface area contributed by atoms with Gasteiger partial charge in [0.25, 0.3) is 0 Å². The third-order valence-electron chi connectivity index (χ3n) is 4.61. The minimum Gasteiger partial charge on any atom is -0.385 e. The molecule has 0 N–H and O–H groups in total. The summed E-state index contributed by atoms with van der Waals surface area (Å²) in [5.41, 5.74) is 5.32. The second-order valence-electron chi connectivity index (χ2n) is 6.28. The van der Waals surface area contributed by atoms with E-state index >= 15 is 0 Å². The van der Waals surface area contributed by atoms with Gasteiger partial charge in [-0.05, 0) is 38.0 Å². The van der Waals surface area contributed by atoms with Crippen LogP contribution >= 0.6 is 0 Å². The molecular weight excluding hydrogens is 310 g/mol. The van der Waals surface area contributed by atoms with E-state index in [1.807, 2.05) is 45.0 Å². The van der Waals surface area contributed by atoms with Crippen molar-refractivity contribution in [2.75, 3.05) is 0 Å². The summed E-state index contributed by atoms with van der Waals surface area (Å²) in [6.45, 7) is 6.00. The molecule has 0 radical (unpaired) electrons. The van der Waals surface area contributed by atoms with Gasteiger partial charge in [0.1, 0.15) is 5.71 Å². The maximum absolute atomic E-state index is 13.0. The number of fused-ring (bicyclic) bond motifs is 3. The van der Waals surface area contributed by atoms with E-state index < -0.39 is 21.2 Å². The number of aryl methyl sites for hydroxylation is 3. The first kappa shape index (κ1) is 14.5. The first-order valence-electron chi connectivity index (χ1n) is 7.56. The van der Waals surface area contributed by atoms with Crippen molar-refractivity contribution in [1.82, 2.24) is 0 Å². The zero-order valence-electron chi connectivity index (χ0n) is 13.2. The summed E-state index contributed by atoms with van der Waals surface area (Å²) in [4.78, 5) is 5.92. The highest BCUT2D eigenvalue weighted by Gasteiger charge is 2.53. The number of oxime groups is 1. The van der Waals surface area contributed by atoms with Crippen LogP contribution in [0.3, 0.4) is 0 Å². The molecule has 0 unspecified atom stereocenters. The minimum atomic E-state index is -3.48. The van der Waals surface area contributed by atoms with Crippen LogP contribution in [-0.2, 0) is 14.7 Å². The van der Waals surface area contributed by atoms with Gasteiger partial charge in [0, 0.05) is 11.1 Å². The summed E-state index contributed by atoms with van der Waals surface area (Å²) in [6.07, 6.45) is -0.536. The Bertz CT molecular complexity index is 937. The molecule has 2 aliphatic heterocycles. The third kappa shape index (κ3) is 1.89. The fourth-order valence-electron chi connectivity index (χ4n) is 3.78. The van der Waals surface area contributed by atoms with Crippen LogP contribution in [-0.4, -0.2) is 19.4 Å². The monoisotopic (exact) mass is 327 g/mol. The molecule has 0 amide bonds. The fraction of sp³-hybridized carbons (Fsp3) is 0.278. The maximum Gasteiger partial charge on any atom is 0.191 e. The van der Waals surface area contributed by atoms with Crippen LogP contribution in [0.25, 0.3) is 0 Å². The standard InChI is InChI=1S/C18H17NO3S/c1-10-8-11(2)15(12(3)9-10)16-18-17(22-19-16)13-6-4-5-7-14(13)23(18,20)21/h4-9,17-18H,1-3H3/t17-,18-/m0/s1. The smallest absolute Gasteiger partial charge is 0.191 e. The maximum atomic E-state index is 13.0. The highest BCUT2D eigenvalue weighted by atomic mass is 32.2. The molecule has 0 saturated heterocycles. The van der Waals surface area contributed by atoms with Crippen molar-refractivity contribution in [2.45, 2.75) is 37.0 Å². The van der Waals surface area contributed by atoms with E-state index in [-0.39, 0.29) is 0 Å². The van der Waals surface area contributed by atoms with E-state index in [1.54, 1.807) is 12.1 Å². The summed E-state index contributed by atoms with van der Waals surface area (Å²) in [5, 5.41) is 3.42. The van der Waals surface area contributed by atoms with Gasteiger partial charge < -0.3 is 4.84 Å². The van der Waals surface area contributed by atoms with Crippen LogP contribution in [0, 0.1) is 20.8 Å². The summed E-state index contributed by atoms with van der Waals surface area (Å²) in [6, 6.07) is 11.1. The normalized spacial score (nSPS) is 23.9. The number of nitrogens with zero attached hydrogens (tertiary/aromatic N) is 1. The second-order valence-corrected chi connectivity index (χ2v) is 8.32. The molecule has 23 heavy (non-hydrogen) atoms.